The first kappa shape index (κ1) is 31.2. The number of alkyl halides is 5. The summed E-state index contributed by atoms with van der Waals surface area (Å²) < 4.78 is 76.2. The van der Waals surface area contributed by atoms with Crippen molar-refractivity contribution in [3.05, 3.63) is 52.6 Å². The number of ketones is 1. The van der Waals surface area contributed by atoms with Crippen LogP contribution in [0.15, 0.2) is 47.1 Å². The number of hydrogen-bond donors (Lipinski definition) is 3. The highest BCUT2D eigenvalue weighted by Crippen LogP contribution is 2.70. The molecule has 4 aliphatic rings. The summed E-state index contributed by atoms with van der Waals surface area (Å²) >= 11 is 0. The minimum Gasteiger partial charge on any atom is -0.465 e. The highest BCUT2D eigenvalue weighted by molar-refractivity contribution is 5.93. The fourth-order valence-electron chi connectivity index (χ4n) is 8.05. The molecule has 2 fully saturated rings. The average Bonchev–Trinajstić information content (AvgIpc) is 3.22. The van der Waals surface area contributed by atoms with Gasteiger partial charge < -0.3 is 20.5 Å². The van der Waals surface area contributed by atoms with E-state index in [9.17, 15) is 32.7 Å². The molecule has 5 atom stereocenters. The Balaban J connectivity index is 1.51. The van der Waals surface area contributed by atoms with Gasteiger partial charge in [-0.2, -0.15) is 22.0 Å². The Morgan fingerprint density at radius 3 is 2.42 bits per heavy atom. The minimum absolute atomic E-state index is 0.00622. The van der Waals surface area contributed by atoms with Crippen LogP contribution in [-0.4, -0.2) is 53.7 Å². The van der Waals surface area contributed by atoms with E-state index < -0.39 is 53.4 Å². The van der Waals surface area contributed by atoms with Crippen molar-refractivity contribution in [1.82, 2.24) is 5.32 Å². The largest absolute Gasteiger partial charge is 0.465 e. The van der Waals surface area contributed by atoms with Crippen molar-refractivity contribution >= 4 is 23.5 Å². The quantitative estimate of drug-likeness (QED) is 0.263. The van der Waals surface area contributed by atoms with Gasteiger partial charge in [0.1, 0.15) is 12.1 Å². The van der Waals surface area contributed by atoms with Gasteiger partial charge in [0, 0.05) is 23.4 Å². The van der Waals surface area contributed by atoms with E-state index in [1.807, 2.05) is 0 Å². The molecule has 7 nitrogen and oxygen atoms in total. The number of urea groups is 1. The van der Waals surface area contributed by atoms with Gasteiger partial charge in [-0.1, -0.05) is 24.6 Å². The maximum Gasteiger partial charge on any atom is 0.456 e. The molecule has 1 aromatic rings. The fraction of sp³-hybridized carbons (Fsp3) is 0.581. The third-order valence-corrected chi connectivity index (χ3v) is 10.0. The molecule has 0 spiro atoms. The molecule has 0 aliphatic heterocycles. The van der Waals surface area contributed by atoms with Gasteiger partial charge in [0.25, 0.3) is 0 Å². The van der Waals surface area contributed by atoms with E-state index in [4.69, 9.17) is 4.74 Å². The number of allylic oxidation sites excluding steroid dienone is 4. The normalized spacial score (nSPS) is 30.6. The van der Waals surface area contributed by atoms with Crippen LogP contribution in [0.5, 0.6) is 0 Å². The third-order valence-electron chi connectivity index (χ3n) is 10.0. The van der Waals surface area contributed by atoms with E-state index >= 15 is 8.78 Å². The van der Waals surface area contributed by atoms with E-state index in [2.05, 4.69) is 10.6 Å². The molecule has 0 bridgehead atoms. The predicted octanol–water partition coefficient (Wildman–Crippen LogP) is 6.20. The zero-order chi connectivity index (χ0) is 31.4. The van der Waals surface area contributed by atoms with Crippen molar-refractivity contribution in [2.75, 3.05) is 18.5 Å². The van der Waals surface area contributed by atoms with Crippen molar-refractivity contribution in [2.45, 2.75) is 82.4 Å². The first-order chi connectivity index (χ1) is 20.1. The van der Waals surface area contributed by atoms with Gasteiger partial charge in [-0.3, -0.25) is 9.59 Å². The molecule has 0 saturated heterocycles. The molecule has 1 aromatic carbocycles. The van der Waals surface area contributed by atoms with Crippen molar-refractivity contribution in [3.63, 3.8) is 0 Å². The van der Waals surface area contributed by atoms with Crippen LogP contribution >= 0.6 is 0 Å². The zero-order valence-corrected chi connectivity index (χ0v) is 24.0. The Morgan fingerprint density at radius 2 is 1.77 bits per heavy atom. The third kappa shape index (κ3) is 5.15. The number of benzene rings is 1. The highest BCUT2D eigenvalue weighted by atomic mass is 19.4. The second kappa shape index (κ2) is 11.0. The summed E-state index contributed by atoms with van der Waals surface area (Å²) in [5.74, 6) is -7.40. The highest BCUT2D eigenvalue weighted by Gasteiger charge is 2.79. The molecule has 0 aromatic heterocycles. The Labute approximate surface area is 245 Å². The van der Waals surface area contributed by atoms with Gasteiger partial charge in [0.15, 0.2) is 5.78 Å². The first-order valence-electron chi connectivity index (χ1n) is 14.6. The van der Waals surface area contributed by atoms with Crippen LogP contribution in [0.4, 0.5) is 32.4 Å². The van der Waals surface area contributed by atoms with Gasteiger partial charge in [-0.15, -0.1) is 0 Å². The van der Waals surface area contributed by atoms with Crippen LogP contribution in [0.1, 0.15) is 70.3 Å². The number of anilines is 1. The van der Waals surface area contributed by atoms with Crippen LogP contribution in [0.2, 0.25) is 0 Å². The number of nitrogens with one attached hydrogen (secondary N) is 2. The van der Waals surface area contributed by atoms with E-state index in [1.165, 1.54) is 6.92 Å². The molecule has 2 saturated carbocycles. The van der Waals surface area contributed by atoms with Crippen molar-refractivity contribution in [3.8, 4) is 0 Å². The number of carbonyl (C=O) groups excluding carboxylic acids is 3. The lowest BCUT2D eigenvalue weighted by Gasteiger charge is -2.56. The molecule has 4 aliphatic carbocycles. The fourth-order valence-corrected chi connectivity index (χ4v) is 8.05. The van der Waals surface area contributed by atoms with Gasteiger partial charge in [-0.25, -0.2) is 4.79 Å². The van der Waals surface area contributed by atoms with Gasteiger partial charge >= 0.3 is 24.1 Å². The Kier molecular flexibility index (Phi) is 7.98. The van der Waals surface area contributed by atoms with E-state index in [0.717, 1.165) is 16.7 Å². The van der Waals surface area contributed by atoms with Crippen LogP contribution in [0.25, 0.3) is 0 Å². The van der Waals surface area contributed by atoms with E-state index in [0.29, 0.717) is 36.9 Å². The number of aliphatic hydroxyl groups is 1. The Morgan fingerprint density at radius 1 is 1.07 bits per heavy atom. The summed E-state index contributed by atoms with van der Waals surface area (Å²) in [5, 5.41) is 16.3. The lowest BCUT2D eigenvalue weighted by atomic mass is 9.50. The molecule has 2 amide bonds. The number of esters is 1. The summed E-state index contributed by atoms with van der Waals surface area (Å²) in [6, 6.07) is 5.88. The number of fused-ring (bicyclic) bond motifs is 4. The Hall–Kier alpha value is -3.28. The van der Waals surface area contributed by atoms with Crippen LogP contribution in [0.3, 0.4) is 0 Å². The van der Waals surface area contributed by atoms with Gasteiger partial charge in [0.05, 0.1) is 6.61 Å². The Bertz CT molecular complexity index is 1370. The number of ether oxygens (including phenoxy) is 1. The molecule has 12 heteroatoms. The summed E-state index contributed by atoms with van der Waals surface area (Å²) in [4.78, 5) is 35.9. The summed E-state index contributed by atoms with van der Waals surface area (Å²) in [6.07, 6.45) is -3.29. The van der Waals surface area contributed by atoms with Crippen LogP contribution < -0.4 is 10.6 Å². The number of carbonyl (C=O) groups is 3. The van der Waals surface area contributed by atoms with Crippen molar-refractivity contribution in [2.24, 2.45) is 17.3 Å². The zero-order valence-electron chi connectivity index (χ0n) is 24.0. The maximum atomic E-state index is 15.1. The molecule has 43 heavy (non-hydrogen) atoms. The van der Waals surface area contributed by atoms with Crippen molar-refractivity contribution < 1.29 is 46.2 Å². The molecule has 3 N–H and O–H groups in total. The summed E-state index contributed by atoms with van der Waals surface area (Å²) in [7, 11) is 0. The second-order valence-corrected chi connectivity index (χ2v) is 12.2. The molecular weight excluding hydrogens is 575 g/mol. The molecule has 2 unspecified atom stereocenters. The van der Waals surface area contributed by atoms with E-state index in [1.54, 1.807) is 37.3 Å². The van der Waals surface area contributed by atoms with Crippen LogP contribution in [0, 0.1) is 17.3 Å². The minimum atomic E-state index is -5.92. The molecule has 234 valence electrons. The lowest BCUT2D eigenvalue weighted by Crippen LogP contribution is -2.65. The summed E-state index contributed by atoms with van der Waals surface area (Å²) in [6.45, 7) is 2.85. The van der Waals surface area contributed by atoms with Crippen molar-refractivity contribution in [1.29, 1.82) is 0 Å². The SMILES string of the molecule is CCOC(=O)CNC(=O)Nc1ccc([C@H]2C[C@@]3(C)C(CC[C@@]3(O)C(F)(F)C(F)(F)F)C3CCC4=CC(=O)CCC4=C32)cc1. The number of halogens is 5. The van der Waals surface area contributed by atoms with Gasteiger partial charge in [-0.05, 0) is 92.2 Å². The maximum absolute atomic E-state index is 15.1. The first-order valence-corrected chi connectivity index (χ1v) is 14.6. The molecular formula is C31H35F5N2O5. The topological polar surface area (TPSA) is 105 Å². The lowest BCUT2D eigenvalue weighted by molar-refractivity contribution is -0.362. The number of hydrogen-bond acceptors (Lipinski definition) is 5. The second-order valence-electron chi connectivity index (χ2n) is 12.2. The number of rotatable bonds is 6. The molecule has 0 heterocycles. The van der Waals surface area contributed by atoms with Crippen LogP contribution in [-0.2, 0) is 14.3 Å². The smallest absolute Gasteiger partial charge is 0.456 e. The molecule has 5 rings (SSSR count). The monoisotopic (exact) mass is 610 g/mol. The predicted molar refractivity (Wildman–Crippen MR) is 146 cm³/mol. The van der Waals surface area contributed by atoms with E-state index in [-0.39, 0.29) is 37.7 Å². The molecule has 0 radical (unpaired) electrons. The number of amides is 2. The summed E-state index contributed by atoms with van der Waals surface area (Å²) in [5.41, 5.74) is -1.20. The average molecular weight is 611 g/mol. The van der Waals surface area contributed by atoms with Gasteiger partial charge in [0.2, 0.25) is 0 Å². The standard InChI is InChI=1S/C31H35F5N2O5/c1-3-43-25(40)16-37-27(41)38-19-7-4-17(5-8-19)23-15-28(2)24(12-13-29(28,42)30(32,33)31(34,35)36)22-10-6-18-14-20(39)9-11-21(18)26(22)23/h4-5,7-8,14,22-24,42H,3,6,9-13,15-16H2,1-2H3,(H2,37,38,41)/t22?,23-,24?,28+,29+/m1/s1.